The normalized spacial score (nSPS) is 23.1. The van der Waals surface area contributed by atoms with Crippen LogP contribution in [0, 0.1) is 12.7 Å². The van der Waals surface area contributed by atoms with Gasteiger partial charge >= 0.3 is 0 Å². The van der Waals surface area contributed by atoms with Crippen molar-refractivity contribution in [2.45, 2.75) is 37.2 Å². The quantitative estimate of drug-likeness (QED) is 0.827. The van der Waals surface area contributed by atoms with Crippen LogP contribution in [0.4, 0.5) is 10.1 Å². The second kappa shape index (κ2) is 5.31. The third-order valence-electron chi connectivity index (χ3n) is 3.50. The summed E-state index contributed by atoms with van der Waals surface area (Å²) in [5, 5.41) is 0. The van der Waals surface area contributed by atoms with Crippen molar-refractivity contribution in [1.29, 1.82) is 0 Å². The topological polar surface area (TPSA) is 81.4 Å². The molecule has 0 aliphatic carbocycles. The zero-order valence-electron chi connectivity index (χ0n) is 11.6. The van der Waals surface area contributed by atoms with Gasteiger partial charge in [-0.25, -0.2) is 17.5 Å². The van der Waals surface area contributed by atoms with Crippen molar-refractivity contribution in [3.05, 3.63) is 23.5 Å². The van der Waals surface area contributed by atoms with E-state index in [0.29, 0.717) is 6.61 Å². The summed E-state index contributed by atoms with van der Waals surface area (Å²) < 4.78 is 45.9. The molecule has 0 amide bonds. The van der Waals surface area contributed by atoms with Crippen LogP contribution in [-0.4, -0.2) is 27.2 Å². The van der Waals surface area contributed by atoms with E-state index in [1.807, 2.05) is 6.92 Å². The number of hydrogen-bond donors (Lipinski definition) is 2. The molecule has 0 bridgehead atoms. The lowest BCUT2D eigenvalue weighted by Crippen LogP contribution is -2.40. The van der Waals surface area contributed by atoms with Crippen LogP contribution in [0.3, 0.4) is 0 Å². The van der Waals surface area contributed by atoms with Crippen LogP contribution in [0.5, 0.6) is 0 Å². The lowest BCUT2D eigenvalue weighted by Gasteiger charge is -2.23. The van der Waals surface area contributed by atoms with Crippen LogP contribution >= 0.6 is 0 Å². The Labute approximate surface area is 118 Å². The summed E-state index contributed by atoms with van der Waals surface area (Å²) in [6, 6.07) is 2.40. The highest BCUT2D eigenvalue weighted by molar-refractivity contribution is 7.89. The maximum absolute atomic E-state index is 13.4. The first-order valence-corrected chi connectivity index (χ1v) is 7.91. The van der Waals surface area contributed by atoms with Crippen molar-refractivity contribution >= 4 is 15.7 Å². The first kappa shape index (κ1) is 15.2. The number of hydrogen-bond acceptors (Lipinski definition) is 4. The van der Waals surface area contributed by atoms with Gasteiger partial charge in [-0.2, -0.15) is 0 Å². The van der Waals surface area contributed by atoms with Crippen molar-refractivity contribution in [1.82, 2.24) is 4.72 Å². The third kappa shape index (κ3) is 3.11. The van der Waals surface area contributed by atoms with E-state index in [1.165, 1.54) is 13.0 Å². The molecule has 112 valence electrons. The number of rotatable bonds is 4. The van der Waals surface area contributed by atoms with Crippen LogP contribution in [0.15, 0.2) is 17.0 Å². The van der Waals surface area contributed by atoms with Gasteiger partial charge in [-0.05, 0) is 44.4 Å². The number of ether oxygens (including phenoxy) is 1. The molecule has 1 aromatic rings. The molecular formula is C13H19FN2O3S. The molecular weight excluding hydrogens is 283 g/mol. The molecule has 0 saturated carbocycles. The lowest BCUT2D eigenvalue weighted by atomic mass is 10.0. The maximum Gasteiger partial charge on any atom is 0.240 e. The highest BCUT2D eigenvalue weighted by atomic mass is 32.2. The Hall–Kier alpha value is -1.18. The second-order valence-corrected chi connectivity index (χ2v) is 7.14. The van der Waals surface area contributed by atoms with Crippen LogP contribution in [0.2, 0.25) is 0 Å². The minimum atomic E-state index is -3.72. The maximum atomic E-state index is 13.4. The fourth-order valence-electron chi connectivity index (χ4n) is 2.23. The van der Waals surface area contributed by atoms with Gasteiger partial charge in [0.25, 0.3) is 0 Å². The summed E-state index contributed by atoms with van der Waals surface area (Å²) in [6.45, 7) is 4.17. The Bertz CT molecular complexity index is 587. The van der Waals surface area contributed by atoms with Gasteiger partial charge in [0.1, 0.15) is 5.82 Å². The van der Waals surface area contributed by atoms with Crippen molar-refractivity contribution in [2.75, 3.05) is 18.9 Å². The van der Waals surface area contributed by atoms with E-state index in [-0.39, 0.29) is 22.7 Å². The van der Waals surface area contributed by atoms with Gasteiger partial charge in [0.2, 0.25) is 10.0 Å². The standard InChI is InChI=1S/C13H19FN2O3S/c1-9-6-10(7-11(15)12(9)14)20(17,18)16-8-13(2)4-3-5-19-13/h6-7,16H,3-5,8,15H2,1-2H3. The molecule has 1 aliphatic rings. The van der Waals surface area contributed by atoms with Gasteiger partial charge in [-0.15, -0.1) is 0 Å². The van der Waals surface area contributed by atoms with Gasteiger partial charge in [-0.1, -0.05) is 0 Å². The van der Waals surface area contributed by atoms with E-state index in [2.05, 4.69) is 4.72 Å². The summed E-state index contributed by atoms with van der Waals surface area (Å²) in [5.74, 6) is -0.588. The second-order valence-electron chi connectivity index (χ2n) is 5.37. The summed E-state index contributed by atoms with van der Waals surface area (Å²) in [5.41, 5.74) is 5.02. The highest BCUT2D eigenvalue weighted by Gasteiger charge is 2.31. The summed E-state index contributed by atoms with van der Waals surface area (Å²) in [7, 11) is -3.72. The number of nitrogens with two attached hydrogens (primary N) is 1. The van der Waals surface area contributed by atoms with Crippen molar-refractivity contribution < 1.29 is 17.5 Å². The average Bonchev–Trinajstić information content (AvgIpc) is 2.81. The summed E-state index contributed by atoms with van der Waals surface area (Å²) in [6.07, 6.45) is 1.72. The van der Waals surface area contributed by atoms with Crippen molar-refractivity contribution in [2.24, 2.45) is 0 Å². The van der Waals surface area contributed by atoms with Crippen LogP contribution in [0.25, 0.3) is 0 Å². The Kier molecular flexibility index (Phi) is 4.04. The van der Waals surface area contributed by atoms with E-state index in [4.69, 9.17) is 10.5 Å². The van der Waals surface area contributed by atoms with E-state index < -0.39 is 21.4 Å². The predicted molar refractivity (Wildman–Crippen MR) is 74.3 cm³/mol. The van der Waals surface area contributed by atoms with Gasteiger partial charge in [0.15, 0.2) is 0 Å². The van der Waals surface area contributed by atoms with Crippen LogP contribution in [0.1, 0.15) is 25.3 Å². The molecule has 1 saturated heterocycles. The molecule has 2 rings (SSSR count). The number of sulfonamides is 1. The fourth-order valence-corrected chi connectivity index (χ4v) is 3.50. The first-order chi connectivity index (χ1) is 9.23. The molecule has 1 atom stereocenters. The number of nitrogens with one attached hydrogen (secondary N) is 1. The SMILES string of the molecule is Cc1cc(S(=O)(=O)NCC2(C)CCCO2)cc(N)c1F. The Morgan fingerprint density at radius 2 is 2.20 bits per heavy atom. The molecule has 1 fully saturated rings. The average molecular weight is 302 g/mol. The summed E-state index contributed by atoms with van der Waals surface area (Å²) >= 11 is 0. The van der Waals surface area contributed by atoms with Crippen molar-refractivity contribution in [3.63, 3.8) is 0 Å². The molecule has 7 heteroatoms. The number of nitrogen functional groups attached to an aromatic ring is 1. The molecule has 5 nitrogen and oxygen atoms in total. The number of benzene rings is 1. The molecule has 0 aromatic heterocycles. The van der Waals surface area contributed by atoms with Gasteiger partial charge in [0.05, 0.1) is 16.2 Å². The number of aryl methyl sites for hydroxylation is 1. The fraction of sp³-hybridized carbons (Fsp3) is 0.538. The van der Waals surface area contributed by atoms with Gasteiger partial charge in [-0.3, -0.25) is 0 Å². The first-order valence-electron chi connectivity index (χ1n) is 6.43. The summed E-state index contributed by atoms with van der Waals surface area (Å²) in [4.78, 5) is -0.0319. The van der Waals surface area contributed by atoms with Gasteiger partial charge in [0, 0.05) is 13.2 Å². The van der Waals surface area contributed by atoms with Gasteiger partial charge < -0.3 is 10.5 Å². The third-order valence-corrected chi connectivity index (χ3v) is 4.88. The Morgan fingerprint density at radius 1 is 1.50 bits per heavy atom. The monoisotopic (exact) mass is 302 g/mol. The van der Waals surface area contributed by atoms with Crippen LogP contribution < -0.4 is 10.5 Å². The zero-order valence-corrected chi connectivity index (χ0v) is 12.4. The largest absolute Gasteiger partial charge is 0.396 e. The smallest absolute Gasteiger partial charge is 0.240 e. The highest BCUT2D eigenvalue weighted by Crippen LogP contribution is 2.25. The number of anilines is 1. The van der Waals surface area contributed by atoms with E-state index in [1.54, 1.807) is 0 Å². The van der Waals surface area contributed by atoms with Crippen molar-refractivity contribution in [3.8, 4) is 0 Å². The minimum absolute atomic E-state index is 0.0319. The lowest BCUT2D eigenvalue weighted by molar-refractivity contribution is 0.0250. The van der Waals surface area contributed by atoms with E-state index >= 15 is 0 Å². The zero-order chi connectivity index (χ0) is 15.0. The molecule has 0 radical (unpaired) electrons. The Morgan fingerprint density at radius 3 is 2.75 bits per heavy atom. The molecule has 1 aromatic carbocycles. The molecule has 20 heavy (non-hydrogen) atoms. The Balaban J connectivity index is 2.18. The molecule has 3 N–H and O–H groups in total. The molecule has 1 aliphatic heterocycles. The predicted octanol–water partition coefficient (Wildman–Crippen LogP) is 1.56. The van der Waals surface area contributed by atoms with E-state index in [9.17, 15) is 12.8 Å². The molecule has 1 unspecified atom stereocenters. The van der Waals surface area contributed by atoms with E-state index in [0.717, 1.165) is 18.9 Å². The number of halogens is 1. The minimum Gasteiger partial charge on any atom is -0.396 e. The molecule has 0 spiro atoms. The molecule has 1 heterocycles. The van der Waals surface area contributed by atoms with Crippen LogP contribution in [-0.2, 0) is 14.8 Å².